The van der Waals surface area contributed by atoms with Gasteiger partial charge in [-0.05, 0) is 25.5 Å². The molecule has 3 N–H and O–H groups in total. The standard InChI is InChI=1S/C11H13NOS/c1-11(2,13)7-4-3-5-9-10(7)8(12)6-14-9/h3-6,13H,12H2,1-2H3. The lowest BCUT2D eigenvalue weighted by molar-refractivity contribution is 0.0802. The minimum atomic E-state index is -0.839. The van der Waals surface area contributed by atoms with Gasteiger partial charge in [-0.25, -0.2) is 0 Å². The van der Waals surface area contributed by atoms with Gasteiger partial charge in [0.15, 0.2) is 0 Å². The van der Waals surface area contributed by atoms with E-state index in [9.17, 15) is 5.11 Å². The van der Waals surface area contributed by atoms with Gasteiger partial charge < -0.3 is 10.8 Å². The molecule has 0 aliphatic heterocycles. The fourth-order valence-corrected chi connectivity index (χ4v) is 2.50. The molecule has 0 fully saturated rings. The Kier molecular flexibility index (Phi) is 2.01. The summed E-state index contributed by atoms with van der Waals surface area (Å²) in [6.07, 6.45) is 0. The van der Waals surface area contributed by atoms with Gasteiger partial charge >= 0.3 is 0 Å². The molecule has 3 heteroatoms. The molecule has 0 unspecified atom stereocenters. The van der Waals surface area contributed by atoms with Crippen LogP contribution in [-0.4, -0.2) is 5.11 Å². The summed E-state index contributed by atoms with van der Waals surface area (Å²) in [5.41, 5.74) is 6.68. The molecular formula is C11H13NOS. The van der Waals surface area contributed by atoms with E-state index in [0.717, 1.165) is 21.3 Å². The van der Waals surface area contributed by atoms with Crippen LogP contribution < -0.4 is 5.73 Å². The van der Waals surface area contributed by atoms with E-state index in [-0.39, 0.29) is 0 Å². The zero-order chi connectivity index (χ0) is 10.3. The average molecular weight is 207 g/mol. The maximum atomic E-state index is 9.98. The van der Waals surface area contributed by atoms with Gasteiger partial charge in [0.25, 0.3) is 0 Å². The second-order valence-electron chi connectivity index (χ2n) is 3.93. The first-order valence-electron chi connectivity index (χ1n) is 4.48. The number of rotatable bonds is 1. The van der Waals surface area contributed by atoms with E-state index in [1.54, 1.807) is 25.2 Å². The SMILES string of the molecule is CC(C)(O)c1cccc2scc(N)c12. The van der Waals surface area contributed by atoms with E-state index >= 15 is 0 Å². The van der Waals surface area contributed by atoms with Crippen LogP contribution in [0.25, 0.3) is 10.1 Å². The highest BCUT2D eigenvalue weighted by Gasteiger charge is 2.20. The molecule has 0 atom stereocenters. The zero-order valence-electron chi connectivity index (χ0n) is 8.24. The second-order valence-corrected chi connectivity index (χ2v) is 4.84. The van der Waals surface area contributed by atoms with Gasteiger partial charge in [-0.15, -0.1) is 11.3 Å². The number of hydrogen-bond acceptors (Lipinski definition) is 3. The molecule has 0 saturated carbocycles. The summed E-state index contributed by atoms with van der Waals surface area (Å²) in [4.78, 5) is 0. The lowest BCUT2D eigenvalue weighted by atomic mass is 9.95. The van der Waals surface area contributed by atoms with Crippen LogP contribution in [0.5, 0.6) is 0 Å². The summed E-state index contributed by atoms with van der Waals surface area (Å²) in [6, 6.07) is 5.89. The molecule has 0 radical (unpaired) electrons. The number of aliphatic hydroxyl groups is 1. The minimum absolute atomic E-state index is 0.753. The largest absolute Gasteiger partial charge is 0.398 e. The van der Waals surface area contributed by atoms with Gasteiger partial charge in [0, 0.05) is 15.5 Å². The van der Waals surface area contributed by atoms with Crippen molar-refractivity contribution in [1.29, 1.82) is 0 Å². The van der Waals surface area contributed by atoms with Crippen LogP contribution in [0, 0.1) is 0 Å². The lowest BCUT2D eigenvalue weighted by Crippen LogP contribution is -2.15. The summed E-state index contributed by atoms with van der Waals surface area (Å²) < 4.78 is 1.13. The topological polar surface area (TPSA) is 46.2 Å². The van der Waals surface area contributed by atoms with Crippen LogP contribution >= 0.6 is 11.3 Å². The molecule has 0 bridgehead atoms. The van der Waals surface area contributed by atoms with Crippen molar-refractivity contribution in [2.45, 2.75) is 19.4 Å². The Bertz CT molecular complexity index is 468. The number of nitrogen functional groups attached to an aromatic ring is 1. The number of thiophene rings is 1. The molecule has 0 aliphatic carbocycles. The van der Waals surface area contributed by atoms with Gasteiger partial charge in [-0.3, -0.25) is 0 Å². The maximum Gasteiger partial charge on any atom is 0.0847 e. The highest BCUT2D eigenvalue weighted by atomic mass is 32.1. The van der Waals surface area contributed by atoms with E-state index in [0.29, 0.717) is 0 Å². The monoisotopic (exact) mass is 207 g/mol. The Morgan fingerprint density at radius 2 is 2.07 bits per heavy atom. The molecule has 2 nitrogen and oxygen atoms in total. The van der Waals surface area contributed by atoms with Crippen LogP contribution in [0.4, 0.5) is 5.69 Å². The van der Waals surface area contributed by atoms with Crippen LogP contribution in [0.2, 0.25) is 0 Å². The van der Waals surface area contributed by atoms with E-state index in [1.165, 1.54) is 0 Å². The number of fused-ring (bicyclic) bond motifs is 1. The van der Waals surface area contributed by atoms with Crippen molar-refractivity contribution in [2.24, 2.45) is 0 Å². The molecule has 2 rings (SSSR count). The summed E-state index contributed by atoms with van der Waals surface area (Å²) >= 11 is 1.61. The molecule has 1 heterocycles. The smallest absolute Gasteiger partial charge is 0.0847 e. The van der Waals surface area contributed by atoms with Crippen molar-refractivity contribution in [3.05, 3.63) is 29.1 Å². The molecule has 0 saturated heterocycles. The normalized spacial score (nSPS) is 12.2. The fraction of sp³-hybridized carbons (Fsp3) is 0.273. The van der Waals surface area contributed by atoms with Crippen molar-refractivity contribution < 1.29 is 5.11 Å². The van der Waals surface area contributed by atoms with Gasteiger partial charge in [-0.1, -0.05) is 12.1 Å². The quantitative estimate of drug-likeness (QED) is 0.755. The number of hydrogen-bond donors (Lipinski definition) is 2. The third-order valence-corrected chi connectivity index (χ3v) is 3.25. The molecule has 1 aromatic carbocycles. The molecule has 2 aromatic rings. The van der Waals surface area contributed by atoms with Gasteiger partial charge in [0.05, 0.1) is 11.3 Å². The predicted molar refractivity (Wildman–Crippen MR) is 61.5 cm³/mol. The maximum absolute atomic E-state index is 9.98. The Morgan fingerprint density at radius 3 is 2.71 bits per heavy atom. The summed E-state index contributed by atoms with van der Waals surface area (Å²) in [5, 5.41) is 12.9. The molecule has 74 valence electrons. The van der Waals surface area contributed by atoms with E-state index in [4.69, 9.17) is 5.73 Å². The Hall–Kier alpha value is -1.06. The van der Waals surface area contributed by atoms with Crippen LogP contribution in [0.1, 0.15) is 19.4 Å². The van der Waals surface area contributed by atoms with Gasteiger partial charge in [0.2, 0.25) is 0 Å². The number of anilines is 1. The van der Waals surface area contributed by atoms with Crippen LogP contribution in [0.3, 0.4) is 0 Å². The Morgan fingerprint density at radius 1 is 1.36 bits per heavy atom. The molecule has 14 heavy (non-hydrogen) atoms. The molecular weight excluding hydrogens is 194 g/mol. The van der Waals surface area contributed by atoms with Crippen molar-refractivity contribution in [1.82, 2.24) is 0 Å². The number of nitrogens with two attached hydrogens (primary N) is 1. The first-order valence-corrected chi connectivity index (χ1v) is 5.36. The highest BCUT2D eigenvalue weighted by Crippen LogP contribution is 2.35. The van der Waals surface area contributed by atoms with Crippen molar-refractivity contribution in [2.75, 3.05) is 5.73 Å². The fourth-order valence-electron chi connectivity index (χ4n) is 1.62. The number of benzene rings is 1. The van der Waals surface area contributed by atoms with E-state index in [1.807, 2.05) is 23.6 Å². The van der Waals surface area contributed by atoms with Crippen molar-refractivity contribution in [3.8, 4) is 0 Å². The summed E-state index contributed by atoms with van der Waals surface area (Å²) in [7, 11) is 0. The first-order chi connectivity index (χ1) is 6.50. The predicted octanol–water partition coefficient (Wildman–Crippen LogP) is 2.71. The van der Waals surface area contributed by atoms with Crippen LogP contribution in [0.15, 0.2) is 23.6 Å². The van der Waals surface area contributed by atoms with Gasteiger partial charge in [0.1, 0.15) is 0 Å². The summed E-state index contributed by atoms with van der Waals surface area (Å²) in [5.74, 6) is 0. The Balaban J connectivity index is 2.82. The molecule has 0 amide bonds. The van der Waals surface area contributed by atoms with E-state index < -0.39 is 5.60 Å². The lowest BCUT2D eigenvalue weighted by Gasteiger charge is -2.19. The third-order valence-electron chi connectivity index (χ3n) is 2.29. The second kappa shape index (κ2) is 2.97. The minimum Gasteiger partial charge on any atom is -0.398 e. The molecule has 0 spiro atoms. The van der Waals surface area contributed by atoms with Crippen LogP contribution in [-0.2, 0) is 5.60 Å². The van der Waals surface area contributed by atoms with E-state index in [2.05, 4.69) is 0 Å². The van der Waals surface area contributed by atoms with Crippen molar-refractivity contribution in [3.63, 3.8) is 0 Å². The van der Waals surface area contributed by atoms with Gasteiger partial charge in [-0.2, -0.15) is 0 Å². The zero-order valence-corrected chi connectivity index (χ0v) is 9.06. The first kappa shape index (κ1) is 9.49. The highest BCUT2D eigenvalue weighted by molar-refractivity contribution is 7.17. The van der Waals surface area contributed by atoms with Crippen molar-refractivity contribution >= 4 is 27.1 Å². The molecule has 1 aromatic heterocycles. The summed E-state index contributed by atoms with van der Waals surface area (Å²) in [6.45, 7) is 3.55. The average Bonchev–Trinajstić information content (AvgIpc) is 2.46. The third kappa shape index (κ3) is 1.38. The molecule has 0 aliphatic rings. The Labute approximate surface area is 87.0 Å².